The third-order valence-electron chi connectivity index (χ3n) is 15.5. The molecule has 4 amide bonds. The number of alkyl halides is 6. The highest BCUT2D eigenvalue weighted by molar-refractivity contribution is 7.10. The number of amides is 4. The lowest BCUT2D eigenvalue weighted by molar-refractivity contribution is -0.156. The number of likely N-dealkylation sites (tertiary alicyclic amines) is 1. The first-order chi connectivity index (χ1) is 36.7. The SMILES string of the molecule is CO[C@@H](C)c1ncc(N2CCN(C)CC2)cc1-c1c2c3cc(c(C)cc3n1CC(F)(F)F)-c1csc(n1)C[C@H](NC(=O)[C@H](C(C)C)N(C)C(=O)C1(F)CCN(C(=O)[C@H](F)Cl)CC1)C(=O)N1CCC[C@H](N1)C(=O)OCC(C)(C)C2. The van der Waals surface area contributed by atoms with Gasteiger partial charge in [-0.2, -0.15) is 13.2 Å². The molecule has 7 heterocycles. The van der Waals surface area contributed by atoms with Crippen LogP contribution in [0.5, 0.6) is 0 Å². The molecule has 6 bridgehead atoms. The minimum absolute atomic E-state index is 0.151. The van der Waals surface area contributed by atoms with Crippen LogP contribution in [0.1, 0.15) is 88.2 Å². The highest BCUT2D eigenvalue weighted by Gasteiger charge is 2.48. The molecule has 1 aromatic carbocycles. The van der Waals surface area contributed by atoms with Gasteiger partial charge in [0.1, 0.15) is 24.7 Å². The molecular weight excluding hydrogens is 1060 g/mol. The van der Waals surface area contributed by atoms with Crippen LogP contribution in [0.15, 0.2) is 29.8 Å². The molecule has 0 spiro atoms. The number of carbonyl (C=O) groups excluding carboxylic acids is 5. The van der Waals surface area contributed by atoms with E-state index >= 15 is 17.6 Å². The van der Waals surface area contributed by atoms with Crippen molar-refractivity contribution >= 4 is 69.1 Å². The van der Waals surface area contributed by atoms with Crippen LogP contribution in [-0.4, -0.2) is 173 Å². The predicted molar refractivity (Wildman–Crippen MR) is 286 cm³/mol. The molecule has 0 unspecified atom stereocenters. The molecule has 8 rings (SSSR count). The largest absolute Gasteiger partial charge is 0.464 e. The predicted octanol–water partition coefficient (Wildman–Crippen LogP) is 7.15. The Balaban J connectivity index is 1.22. The zero-order valence-corrected chi connectivity index (χ0v) is 47.1. The van der Waals surface area contributed by atoms with Crippen molar-refractivity contribution in [1.82, 2.24) is 45.0 Å². The summed E-state index contributed by atoms with van der Waals surface area (Å²) in [6.45, 7) is 11.7. The molecule has 0 radical (unpaired) electrons. The summed E-state index contributed by atoms with van der Waals surface area (Å²) in [7, 11) is 4.85. The number of ether oxygens (including phenoxy) is 2. The minimum atomic E-state index is -4.66. The third kappa shape index (κ3) is 12.6. The Labute approximate surface area is 460 Å². The molecule has 426 valence electrons. The lowest BCUT2D eigenvalue weighted by atomic mass is 9.84. The number of cyclic esters (lactones) is 1. The van der Waals surface area contributed by atoms with Crippen LogP contribution in [0.25, 0.3) is 33.4 Å². The molecule has 5 atom stereocenters. The Morgan fingerprint density at radius 2 is 1.73 bits per heavy atom. The van der Waals surface area contributed by atoms with Crippen molar-refractivity contribution in [3.8, 4) is 22.5 Å². The fraction of sp³-hybridized carbons (Fsp3) is 0.611. The number of fused-ring (bicyclic) bond motifs is 6. The normalized spacial score (nSPS) is 21.7. The van der Waals surface area contributed by atoms with Crippen LogP contribution < -0.4 is 15.6 Å². The molecule has 3 saturated heterocycles. The molecule has 24 heteroatoms. The molecule has 4 aliphatic heterocycles. The highest BCUT2D eigenvalue weighted by atomic mass is 35.5. The van der Waals surface area contributed by atoms with Crippen molar-refractivity contribution in [2.24, 2.45) is 11.3 Å². The van der Waals surface area contributed by atoms with Gasteiger partial charge < -0.3 is 39.0 Å². The molecule has 0 saturated carbocycles. The number of aryl methyl sites for hydroxylation is 1. The van der Waals surface area contributed by atoms with Crippen LogP contribution in [-0.2, 0) is 52.8 Å². The van der Waals surface area contributed by atoms with Crippen molar-refractivity contribution in [3.05, 3.63) is 51.6 Å². The van der Waals surface area contributed by atoms with Crippen LogP contribution in [0.4, 0.5) is 27.6 Å². The van der Waals surface area contributed by atoms with Gasteiger partial charge in [-0.05, 0) is 75.4 Å². The topological polar surface area (TPSA) is 175 Å². The Morgan fingerprint density at radius 1 is 1.04 bits per heavy atom. The van der Waals surface area contributed by atoms with E-state index < -0.39 is 102 Å². The second-order valence-corrected chi connectivity index (χ2v) is 23.7. The fourth-order valence-corrected chi connectivity index (χ4v) is 12.1. The lowest BCUT2D eigenvalue weighted by Gasteiger charge is -2.40. The van der Waals surface area contributed by atoms with Gasteiger partial charge in [-0.25, -0.2) is 19.2 Å². The smallest absolute Gasteiger partial charge is 0.406 e. The van der Waals surface area contributed by atoms with Crippen LogP contribution >= 0.6 is 22.9 Å². The lowest BCUT2D eigenvalue weighted by Crippen LogP contribution is -2.63. The van der Waals surface area contributed by atoms with Crippen molar-refractivity contribution in [2.45, 2.75) is 128 Å². The number of benzene rings is 1. The van der Waals surface area contributed by atoms with E-state index in [4.69, 9.17) is 31.0 Å². The summed E-state index contributed by atoms with van der Waals surface area (Å²) < 4.78 is 88.7. The number of hydrogen-bond donors (Lipinski definition) is 2. The number of nitrogens with one attached hydrogen (secondary N) is 2. The van der Waals surface area contributed by atoms with Gasteiger partial charge in [0.15, 0.2) is 5.67 Å². The number of anilines is 1. The van der Waals surface area contributed by atoms with E-state index in [1.807, 2.05) is 33.0 Å². The van der Waals surface area contributed by atoms with Crippen molar-refractivity contribution in [2.75, 3.05) is 78.5 Å². The zero-order valence-electron chi connectivity index (χ0n) is 45.6. The van der Waals surface area contributed by atoms with E-state index in [0.717, 1.165) is 28.6 Å². The Hall–Kier alpha value is -5.49. The summed E-state index contributed by atoms with van der Waals surface area (Å²) in [6, 6.07) is 1.85. The maximum atomic E-state index is 16.5. The first-order valence-electron chi connectivity index (χ1n) is 26.4. The van der Waals surface area contributed by atoms with E-state index in [9.17, 15) is 28.4 Å². The summed E-state index contributed by atoms with van der Waals surface area (Å²) in [5.74, 6) is -4.71. The summed E-state index contributed by atoms with van der Waals surface area (Å²) in [5.41, 5.74) is 1.90. The zero-order chi connectivity index (χ0) is 56.8. The van der Waals surface area contributed by atoms with E-state index in [2.05, 4.69) is 20.5 Å². The molecule has 17 nitrogen and oxygen atoms in total. The Kier molecular flexibility index (Phi) is 17.5. The number of methoxy groups -OCH3 is 1. The summed E-state index contributed by atoms with van der Waals surface area (Å²) in [5, 5.41) is 6.81. The average Bonchev–Trinajstić information content (AvgIpc) is 4.13. The quantitative estimate of drug-likeness (QED) is 0.0884. The molecule has 4 aliphatic rings. The number of thiazole rings is 1. The van der Waals surface area contributed by atoms with Gasteiger partial charge in [0.25, 0.3) is 23.4 Å². The van der Waals surface area contributed by atoms with E-state index in [0.29, 0.717) is 81.2 Å². The second-order valence-electron chi connectivity index (χ2n) is 22.4. The first kappa shape index (κ1) is 58.7. The van der Waals surface area contributed by atoms with Gasteiger partial charge in [-0.15, -0.1) is 11.3 Å². The van der Waals surface area contributed by atoms with Crippen LogP contribution in [0.3, 0.4) is 0 Å². The number of hydrogen-bond acceptors (Lipinski definition) is 13. The van der Waals surface area contributed by atoms with Gasteiger partial charge in [0.05, 0.1) is 46.7 Å². The third-order valence-corrected chi connectivity index (χ3v) is 16.6. The fourth-order valence-electron chi connectivity index (χ4n) is 11.2. The number of esters is 1. The van der Waals surface area contributed by atoms with Crippen LogP contribution in [0.2, 0.25) is 0 Å². The summed E-state index contributed by atoms with van der Waals surface area (Å²) >= 11 is 6.55. The number of piperazine rings is 1. The molecule has 3 aromatic heterocycles. The average molecular weight is 1130 g/mol. The number of halogens is 6. The molecular formula is C54H70ClF5N10O7S. The number of aromatic nitrogens is 3. The summed E-state index contributed by atoms with van der Waals surface area (Å²) in [4.78, 5) is 85.9. The van der Waals surface area contributed by atoms with Gasteiger partial charge in [-0.3, -0.25) is 34.0 Å². The van der Waals surface area contributed by atoms with E-state index in [1.54, 1.807) is 45.3 Å². The number of hydrazine groups is 1. The van der Waals surface area contributed by atoms with Crippen molar-refractivity contribution in [3.63, 3.8) is 0 Å². The van der Waals surface area contributed by atoms with Crippen molar-refractivity contribution < 1.29 is 55.4 Å². The standard InChI is InChI=1S/C54H70ClF5N10O7S/c1-30(2)44(66(8)51(75)53(57)12-15-68(16-13-53)49(73)46(55)56)47(71)63-39-24-42-62-40(27-78-42)34-23-35-37(25-52(5,6)29-77-50(74)38-11-10-14-70(64-38)48(39)72)45(69(28-54(58,59)60)41(35)21-31(34)3)36-22-33(26-61-43(36)32(4)76-9)67-19-17-65(7)18-20-67/h21-23,26-27,30,32,38-39,44,46,64H,10-20,24-25,28-29H2,1-9H3,(H,63,71)/t32-,38-,39-,44-,46-/m0/s1. The van der Waals surface area contributed by atoms with Gasteiger partial charge >= 0.3 is 12.1 Å². The molecule has 3 fully saturated rings. The van der Waals surface area contributed by atoms with E-state index in [1.165, 1.54) is 35.1 Å². The summed E-state index contributed by atoms with van der Waals surface area (Å²) in [6.07, 6.45) is -3.79. The number of rotatable bonds is 11. The van der Waals surface area contributed by atoms with Gasteiger partial charge in [0.2, 0.25) is 5.91 Å². The second kappa shape index (κ2) is 23.3. The molecule has 78 heavy (non-hydrogen) atoms. The monoisotopic (exact) mass is 1130 g/mol. The number of likely N-dealkylation sites (N-methyl/N-ethyl adjacent to an activating group) is 2. The molecule has 2 N–H and O–H groups in total. The highest BCUT2D eigenvalue weighted by Crippen LogP contribution is 2.45. The number of nitrogens with zero attached hydrogens (tertiary/aromatic N) is 8. The number of piperidine rings is 1. The van der Waals surface area contributed by atoms with Gasteiger partial charge in [-0.1, -0.05) is 39.3 Å². The maximum absolute atomic E-state index is 16.5. The molecule has 0 aliphatic carbocycles. The Bertz CT molecular complexity index is 2900. The first-order valence-corrected chi connectivity index (χ1v) is 27.7. The maximum Gasteiger partial charge on any atom is 0.406 e. The number of pyridine rings is 1. The van der Waals surface area contributed by atoms with Crippen molar-refractivity contribution in [1.29, 1.82) is 0 Å². The molecule has 4 aromatic rings. The number of carbonyl (C=O) groups is 5. The minimum Gasteiger partial charge on any atom is -0.464 e. The van der Waals surface area contributed by atoms with Gasteiger partial charge in [0, 0.05) is 112 Å². The van der Waals surface area contributed by atoms with Crippen LogP contribution in [0, 0.1) is 18.3 Å². The van der Waals surface area contributed by atoms with E-state index in [-0.39, 0.29) is 39.1 Å². The Morgan fingerprint density at radius 3 is 2.37 bits per heavy atom.